The van der Waals surface area contributed by atoms with Crippen LogP contribution in [0.1, 0.15) is 28.5 Å². The van der Waals surface area contributed by atoms with Crippen LogP contribution in [0.15, 0.2) is 37.9 Å². The zero-order valence-corrected chi connectivity index (χ0v) is 14.4. The molecule has 0 spiro atoms. The van der Waals surface area contributed by atoms with Crippen LogP contribution in [0.25, 0.3) is 10.2 Å². The number of ether oxygens (including phenoxy) is 1. The molecule has 0 saturated carbocycles. The standard InChI is InChI=1S/C15H14N2O4S2/c1-8(10-4-5-11(21-10)14(19)20-3)23-15-16-12-9(6-7-22-12)13(18)17(15)2/h4-8H,1-3H3. The lowest BCUT2D eigenvalue weighted by molar-refractivity contribution is 0.0563. The molecular weight excluding hydrogens is 336 g/mol. The molecule has 0 bridgehead atoms. The number of furan rings is 1. The molecule has 1 unspecified atom stereocenters. The zero-order valence-electron chi connectivity index (χ0n) is 12.7. The quantitative estimate of drug-likeness (QED) is 0.409. The normalized spacial score (nSPS) is 12.5. The van der Waals surface area contributed by atoms with Crippen molar-refractivity contribution in [2.75, 3.05) is 7.11 Å². The first-order valence-electron chi connectivity index (χ1n) is 6.80. The molecule has 0 N–H and O–H groups in total. The maximum atomic E-state index is 12.3. The Morgan fingerprint density at radius 3 is 2.96 bits per heavy atom. The van der Waals surface area contributed by atoms with E-state index in [-0.39, 0.29) is 16.6 Å². The molecule has 0 aromatic carbocycles. The van der Waals surface area contributed by atoms with Gasteiger partial charge in [-0.1, -0.05) is 11.8 Å². The molecule has 6 nitrogen and oxygen atoms in total. The van der Waals surface area contributed by atoms with Gasteiger partial charge in [0.25, 0.3) is 5.56 Å². The molecule has 0 saturated heterocycles. The van der Waals surface area contributed by atoms with Crippen molar-refractivity contribution in [2.45, 2.75) is 17.3 Å². The van der Waals surface area contributed by atoms with E-state index in [0.717, 1.165) is 4.83 Å². The molecule has 3 heterocycles. The number of esters is 1. The number of thiophene rings is 1. The van der Waals surface area contributed by atoms with Gasteiger partial charge in [0.1, 0.15) is 10.6 Å². The van der Waals surface area contributed by atoms with Crippen molar-refractivity contribution < 1.29 is 13.9 Å². The molecule has 8 heteroatoms. The van der Waals surface area contributed by atoms with Gasteiger partial charge in [0.2, 0.25) is 5.76 Å². The third kappa shape index (κ3) is 2.91. The third-order valence-electron chi connectivity index (χ3n) is 3.36. The van der Waals surface area contributed by atoms with Gasteiger partial charge in [0.15, 0.2) is 5.16 Å². The molecule has 1 atom stereocenters. The number of aromatic nitrogens is 2. The minimum Gasteiger partial charge on any atom is -0.463 e. The molecule has 3 rings (SSSR count). The van der Waals surface area contributed by atoms with Crippen molar-refractivity contribution >= 4 is 39.3 Å². The zero-order chi connectivity index (χ0) is 16.6. The number of thioether (sulfide) groups is 1. The number of carbonyl (C=O) groups excluding carboxylic acids is 1. The predicted molar refractivity (Wildman–Crippen MR) is 89.2 cm³/mol. The summed E-state index contributed by atoms with van der Waals surface area (Å²) >= 11 is 2.84. The summed E-state index contributed by atoms with van der Waals surface area (Å²) in [7, 11) is 3.00. The second kappa shape index (κ2) is 6.21. The van der Waals surface area contributed by atoms with E-state index in [1.165, 1.54) is 34.8 Å². The van der Waals surface area contributed by atoms with Crippen molar-refractivity contribution in [1.82, 2.24) is 9.55 Å². The van der Waals surface area contributed by atoms with Gasteiger partial charge in [-0.05, 0) is 30.5 Å². The highest BCUT2D eigenvalue weighted by atomic mass is 32.2. The van der Waals surface area contributed by atoms with Gasteiger partial charge in [-0.3, -0.25) is 9.36 Å². The summed E-state index contributed by atoms with van der Waals surface area (Å²) in [4.78, 5) is 29.0. The third-order valence-corrected chi connectivity index (χ3v) is 5.33. The number of rotatable bonds is 4. The van der Waals surface area contributed by atoms with Crippen LogP contribution in [0, 0.1) is 0 Å². The summed E-state index contributed by atoms with van der Waals surface area (Å²) in [5, 5.41) is 2.98. The highest BCUT2D eigenvalue weighted by Crippen LogP contribution is 2.34. The molecule has 23 heavy (non-hydrogen) atoms. The number of hydrogen-bond donors (Lipinski definition) is 0. The fourth-order valence-electron chi connectivity index (χ4n) is 2.08. The summed E-state index contributed by atoms with van der Waals surface area (Å²) in [6.45, 7) is 1.93. The fourth-order valence-corrected chi connectivity index (χ4v) is 3.84. The second-order valence-corrected chi connectivity index (χ2v) is 7.05. The first-order valence-corrected chi connectivity index (χ1v) is 8.56. The van der Waals surface area contributed by atoms with Crippen LogP contribution >= 0.6 is 23.1 Å². The molecule has 3 aromatic rings. The number of nitrogens with zero attached hydrogens (tertiary/aromatic N) is 2. The Morgan fingerprint density at radius 2 is 2.22 bits per heavy atom. The van der Waals surface area contributed by atoms with E-state index in [1.54, 1.807) is 25.2 Å². The topological polar surface area (TPSA) is 74.3 Å². The van der Waals surface area contributed by atoms with Gasteiger partial charge in [-0.25, -0.2) is 9.78 Å². The van der Waals surface area contributed by atoms with E-state index in [1.807, 2.05) is 12.3 Å². The van der Waals surface area contributed by atoms with E-state index in [9.17, 15) is 9.59 Å². The number of fused-ring (bicyclic) bond motifs is 1. The maximum Gasteiger partial charge on any atom is 0.373 e. The lowest BCUT2D eigenvalue weighted by Crippen LogP contribution is -2.19. The Balaban J connectivity index is 1.89. The van der Waals surface area contributed by atoms with Gasteiger partial charge in [0.05, 0.1) is 17.7 Å². The van der Waals surface area contributed by atoms with Crippen LogP contribution in [-0.2, 0) is 11.8 Å². The Labute approximate surface area is 140 Å². The number of methoxy groups -OCH3 is 1. The lowest BCUT2D eigenvalue weighted by Gasteiger charge is -2.11. The second-order valence-electron chi connectivity index (χ2n) is 4.85. The van der Waals surface area contributed by atoms with Crippen molar-refractivity contribution in [3.8, 4) is 0 Å². The summed E-state index contributed by atoms with van der Waals surface area (Å²) in [6, 6.07) is 5.08. The van der Waals surface area contributed by atoms with Gasteiger partial charge in [-0.15, -0.1) is 11.3 Å². The van der Waals surface area contributed by atoms with Crippen LogP contribution in [0.5, 0.6) is 0 Å². The molecule has 0 amide bonds. The van der Waals surface area contributed by atoms with Crippen molar-refractivity contribution in [2.24, 2.45) is 7.05 Å². The lowest BCUT2D eigenvalue weighted by atomic mass is 10.3. The molecule has 0 radical (unpaired) electrons. The SMILES string of the molecule is COC(=O)c1ccc(C(C)Sc2nc3sccc3c(=O)n2C)o1. The minimum absolute atomic E-state index is 0.0688. The monoisotopic (exact) mass is 350 g/mol. The van der Waals surface area contributed by atoms with Crippen molar-refractivity contribution in [3.63, 3.8) is 0 Å². The Bertz CT molecular complexity index is 925. The average molecular weight is 350 g/mol. The largest absolute Gasteiger partial charge is 0.463 e. The first kappa shape index (κ1) is 15.8. The molecule has 0 aliphatic carbocycles. The van der Waals surface area contributed by atoms with Crippen molar-refractivity contribution in [1.29, 1.82) is 0 Å². The van der Waals surface area contributed by atoms with Crippen LogP contribution in [-0.4, -0.2) is 22.6 Å². The average Bonchev–Trinajstić information content (AvgIpc) is 3.20. The van der Waals surface area contributed by atoms with E-state index < -0.39 is 5.97 Å². The van der Waals surface area contributed by atoms with Crippen LogP contribution in [0.3, 0.4) is 0 Å². The smallest absolute Gasteiger partial charge is 0.373 e. The number of hydrogen-bond acceptors (Lipinski definition) is 7. The summed E-state index contributed by atoms with van der Waals surface area (Å²) < 4.78 is 11.7. The van der Waals surface area contributed by atoms with E-state index in [0.29, 0.717) is 16.3 Å². The van der Waals surface area contributed by atoms with Crippen LogP contribution in [0.4, 0.5) is 0 Å². The van der Waals surface area contributed by atoms with Gasteiger partial charge in [-0.2, -0.15) is 0 Å². The Morgan fingerprint density at radius 1 is 1.43 bits per heavy atom. The fraction of sp³-hybridized carbons (Fsp3) is 0.267. The molecule has 0 aliphatic rings. The number of carbonyl (C=O) groups is 1. The molecule has 3 aromatic heterocycles. The highest BCUT2D eigenvalue weighted by molar-refractivity contribution is 7.99. The summed E-state index contributed by atoms with van der Waals surface area (Å²) in [5.74, 6) is 0.264. The van der Waals surface area contributed by atoms with E-state index >= 15 is 0 Å². The molecule has 0 fully saturated rings. The van der Waals surface area contributed by atoms with E-state index in [4.69, 9.17) is 4.42 Å². The van der Waals surface area contributed by atoms with Gasteiger partial charge < -0.3 is 9.15 Å². The molecular formula is C15H14N2O4S2. The van der Waals surface area contributed by atoms with Gasteiger partial charge in [0, 0.05) is 7.05 Å². The van der Waals surface area contributed by atoms with Crippen molar-refractivity contribution in [3.05, 3.63) is 45.5 Å². The first-order chi connectivity index (χ1) is 11.0. The van der Waals surface area contributed by atoms with Gasteiger partial charge >= 0.3 is 5.97 Å². The predicted octanol–water partition coefficient (Wildman–Crippen LogP) is 3.23. The molecule has 120 valence electrons. The van der Waals surface area contributed by atoms with E-state index in [2.05, 4.69) is 9.72 Å². The maximum absolute atomic E-state index is 12.3. The minimum atomic E-state index is -0.515. The highest BCUT2D eigenvalue weighted by Gasteiger charge is 2.19. The van der Waals surface area contributed by atoms with Crippen LogP contribution < -0.4 is 5.56 Å². The Kier molecular flexibility index (Phi) is 4.27. The summed E-state index contributed by atoms with van der Waals surface area (Å²) in [5.41, 5.74) is -0.0688. The van der Waals surface area contributed by atoms with Crippen LogP contribution in [0.2, 0.25) is 0 Å². The Hall–Kier alpha value is -2.06. The molecule has 0 aliphatic heterocycles. The summed E-state index contributed by atoms with van der Waals surface area (Å²) in [6.07, 6.45) is 0.